The third-order valence-corrected chi connectivity index (χ3v) is 2.30. The van der Waals surface area contributed by atoms with Crippen molar-refractivity contribution in [2.45, 2.75) is 0 Å². The molecule has 0 atom stereocenters. The normalized spacial score (nSPS) is 10.1. The van der Waals surface area contributed by atoms with E-state index in [9.17, 15) is 14.9 Å². The van der Waals surface area contributed by atoms with Crippen molar-refractivity contribution >= 4 is 12.0 Å². The number of ether oxygens (including phenoxy) is 1. The first-order chi connectivity index (χ1) is 8.67. The van der Waals surface area contributed by atoms with Crippen LogP contribution in [0.25, 0.3) is 5.69 Å². The van der Waals surface area contributed by atoms with Gasteiger partial charge in [0.15, 0.2) is 12.0 Å². The number of nitrogens with zero attached hydrogens (tertiary/aromatic N) is 4. The van der Waals surface area contributed by atoms with E-state index in [0.717, 1.165) is 0 Å². The molecular weight excluding hydrogens is 240 g/mol. The van der Waals surface area contributed by atoms with Gasteiger partial charge in [-0.15, -0.1) is 5.10 Å². The molecule has 0 aliphatic carbocycles. The number of methoxy groups -OCH3 is 1. The van der Waals surface area contributed by atoms with Crippen molar-refractivity contribution in [3.8, 4) is 11.4 Å². The molecule has 0 saturated heterocycles. The number of nitro groups is 1. The first-order valence-corrected chi connectivity index (χ1v) is 4.86. The second-order valence-electron chi connectivity index (χ2n) is 3.30. The van der Waals surface area contributed by atoms with E-state index in [1.807, 2.05) is 0 Å². The maximum atomic E-state index is 10.9. The van der Waals surface area contributed by atoms with E-state index >= 15 is 0 Å². The Balaban J connectivity index is 2.57. The van der Waals surface area contributed by atoms with Crippen LogP contribution in [0, 0.1) is 10.1 Å². The van der Waals surface area contributed by atoms with Crippen LogP contribution in [-0.4, -0.2) is 33.3 Å². The lowest BCUT2D eigenvalue weighted by Crippen LogP contribution is -2.03. The maximum absolute atomic E-state index is 10.9. The molecule has 0 unspecified atom stereocenters. The molecule has 0 fully saturated rings. The molecule has 0 bridgehead atoms. The van der Waals surface area contributed by atoms with Crippen LogP contribution in [0.5, 0.6) is 5.75 Å². The molecule has 0 spiro atoms. The Morgan fingerprint density at radius 1 is 1.50 bits per heavy atom. The Labute approximate surface area is 101 Å². The van der Waals surface area contributed by atoms with Crippen LogP contribution in [0.2, 0.25) is 0 Å². The molecule has 1 aromatic heterocycles. The number of nitro benzene ring substituents is 1. The minimum absolute atomic E-state index is 0.136. The zero-order chi connectivity index (χ0) is 13.1. The number of carbonyl (C=O) groups excluding carboxylic acids is 1. The number of aldehydes is 1. The fourth-order valence-electron chi connectivity index (χ4n) is 1.48. The smallest absolute Gasteiger partial charge is 0.313 e. The van der Waals surface area contributed by atoms with Gasteiger partial charge in [0.25, 0.3) is 0 Å². The van der Waals surface area contributed by atoms with E-state index in [-0.39, 0.29) is 17.1 Å². The molecule has 0 N–H and O–H groups in total. The highest BCUT2D eigenvalue weighted by Crippen LogP contribution is 2.28. The number of rotatable bonds is 4. The molecule has 8 nitrogen and oxygen atoms in total. The van der Waals surface area contributed by atoms with Crippen molar-refractivity contribution in [3.05, 3.63) is 40.2 Å². The summed E-state index contributed by atoms with van der Waals surface area (Å²) in [5.74, 6) is 0.136. The molecule has 0 radical (unpaired) electrons. The van der Waals surface area contributed by atoms with Gasteiger partial charge in [0.2, 0.25) is 0 Å². The standard InChI is InChI=1S/C10H8N4O4/c1-18-10-3-2-7(4-9(10)14(16)17)13-8(6-15)5-11-12-13/h2-6H,1H3. The Hall–Kier alpha value is -2.77. The van der Waals surface area contributed by atoms with E-state index in [0.29, 0.717) is 12.0 Å². The van der Waals surface area contributed by atoms with Gasteiger partial charge < -0.3 is 4.74 Å². The largest absolute Gasteiger partial charge is 0.490 e. The molecule has 18 heavy (non-hydrogen) atoms. The second-order valence-corrected chi connectivity index (χ2v) is 3.30. The van der Waals surface area contributed by atoms with Gasteiger partial charge in [-0.25, -0.2) is 4.68 Å². The fourth-order valence-corrected chi connectivity index (χ4v) is 1.48. The first kappa shape index (κ1) is 11.7. The van der Waals surface area contributed by atoms with E-state index in [1.54, 1.807) is 6.07 Å². The maximum Gasteiger partial charge on any atom is 0.313 e. The molecule has 2 rings (SSSR count). The summed E-state index contributed by atoms with van der Waals surface area (Å²) in [4.78, 5) is 21.0. The van der Waals surface area contributed by atoms with Gasteiger partial charge in [-0.05, 0) is 12.1 Å². The Bertz CT molecular complexity index is 608. The highest BCUT2D eigenvalue weighted by Gasteiger charge is 2.17. The third kappa shape index (κ3) is 1.90. The lowest BCUT2D eigenvalue weighted by atomic mass is 10.2. The number of carbonyl (C=O) groups is 1. The quantitative estimate of drug-likeness (QED) is 0.454. The third-order valence-electron chi connectivity index (χ3n) is 2.30. The van der Waals surface area contributed by atoms with E-state index in [4.69, 9.17) is 4.74 Å². The zero-order valence-electron chi connectivity index (χ0n) is 9.31. The van der Waals surface area contributed by atoms with Crippen LogP contribution in [0.4, 0.5) is 5.69 Å². The summed E-state index contributed by atoms with van der Waals surface area (Å²) in [6.07, 6.45) is 1.83. The van der Waals surface area contributed by atoms with Crippen molar-refractivity contribution in [3.63, 3.8) is 0 Å². The molecular formula is C10H8N4O4. The van der Waals surface area contributed by atoms with Crippen molar-refractivity contribution in [1.82, 2.24) is 15.0 Å². The van der Waals surface area contributed by atoms with Crippen molar-refractivity contribution in [1.29, 1.82) is 0 Å². The summed E-state index contributed by atoms with van der Waals surface area (Å²) >= 11 is 0. The van der Waals surface area contributed by atoms with Crippen LogP contribution in [-0.2, 0) is 0 Å². The summed E-state index contributed by atoms with van der Waals surface area (Å²) < 4.78 is 6.09. The highest BCUT2D eigenvalue weighted by atomic mass is 16.6. The zero-order valence-corrected chi connectivity index (χ0v) is 9.31. The molecule has 0 aliphatic heterocycles. The Kier molecular flexibility index (Phi) is 3.00. The van der Waals surface area contributed by atoms with Crippen LogP contribution in [0.3, 0.4) is 0 Å². The molecule has 92 valence electrons. The minimum Gasteiger partial charge on any atom is -0.490 e. The Morgan fingerprint density at radius 3 is 2.89 bits per heavy atom. The van der Waals surface area contributed by atoms with Crippen LogP contribution in [0.1, 0.15) is 10.5 Å². The van der Waals surface area contributed by atoms with Gasteiger partial charge in [0, 0.05) is 6.07 Å². The average molecular weight is 248 g/mol. The monoisotopic (exact) mass is 248 g/mol. The van der Waals surface area contributed by atoms with Gasteiger partial charge in [-0.2, -0.15) is 0 Å². The van der Waals surface area contributed by atoms with Crippen LogP contribution >= 0.6 is 0 Å². The topological polar surface area (TPSA) is 100 Å². The predicted molar refractivity (Wildman–Crippen MR) is 60.0 cm³/mol. The summed E-state index contributed by atoms with van der Waals surface area (Å²) in [5, 5.41) is 18.1. The lowest BCUT2D eigenvalue weighted by molar-refractivity contribution is -0.385. The molecule has 0 aliphatic rings. The molecule has 1 aromatic carbocycles. The minimum atomic E-state index is -0.570. The number of aromatic nitrogens is 3. The van der Waals surface area contributed by atoms with Gasteiger partial charge in [0.05, 0.1) is 23.9 Å². The summed E-state index contributed by atoms with van der Waals surface area (Å²) in [6.45, 7) is 0. The fraction of sp³-hybridized carbons (Fsp3) is 0.100. The van der Waals surface area contributed by atoms with Crippen LogP contribution in [0.15, 0.2) is 24.4 Å². The van der Waals surface area contributed by atoms with E-state index in [2.05, 4.69) is 10.3 Å². The number of benzene rings is 1. The summed E-state index contributed by atoms with van der Waals surface area (Å²) in [7, 11) is 1.34. The molecule has 2 aromatic rings. The van der Waals surface area contributed by atoms with Gasteiger partial charge in [-0.3, -0.25) is 14.9 Å². The van der Waals surface area contributed by atoms with E-state index in [1.165, 1.54) is 30.1 Å². The van der Waals surface area contributed by atoms with Crippen molar-refractivity contribution in [2.75, 3.05) is 7.11 Å². The lowest BCUT2D eigenvalue weighted by Gasteiger charge is -2.05. The van der Waals surface area contributed by atoms with Gasteiger partial charge >= 0.3 is 5.69 Å². The molecule has 8 heteroatoms. The number of hydrogen-bond donors (Lipinski definition) is 0. The molecule has 0 saturated carbocycles. The highest BCUT2D eigenvalue weighted by molar-refractivity contribution is 5.72. The van der Waals surface area contributed by atoms with Crippen molar-refractivity contribution < 1.29 is 14.5 Å². The van der Waals surface area contributed by atoms with Gasteiger partial charge in [-0.1, -0.05) is 5.21 Å². The van der Waals surface area contributed by atoms with E-state index < -0.39 is 4.92 Å². The SMILES string of the molecule is COc1ccc(-n2nncc2C=O)cc1[N+](=O)[O-]. The number of hydrogen-bond acceptors (Lipinski definition) is 6. The van der Waals surface area contributed by atoms with Gasteiger partial charge in [0.1, 0.15) is 5.69 Å². The average Bonchev–Trinajstić information content (AvgIpc) is 2.86. The Morgan fingerprint density at radius 2 is 2.28 bits per heavy atom. The summed E-state index contributed by atoms with van der Waals surface area (Å²) in [6, 6.07) is 4.25. The summed E-state index contributed by atoms with van der Waals surface area (Å²) in [5.41, 5.74) is 0.360. The predicted octanol–water partition coefficient (Wildman–Crippen LogP) is 0.997. The van der Waals surface area contributed by atoms with Crippen molar-refractivity contribution in [2.24, 2.45) is 0 Å². The molecule has 0 amide bonds. The molecule has 1 heterocycles. The van der Waals surface area contributed by atoms with Crippen LogP contribution < -0.4 is 4.74 Å². The second kappa shape index (κ2) is 4.62. The first-order valence-electron chi connectivity index (χ1n) is 4.86.